The summed E-state index contributed by atoms with van der Waals surface area (Å²) in [5.41, 5.74) is -0.0649. The third-order valence-electron chi connectivity index (χ3n) is 4.45. The van der Waals surface area contributed by atoms with E-state index in [2.05, 4.69) is 32.3 Å². The maximum atomic E-state index is 14.2. The Morgan fingerprint density at radius 3 is 2.44 bits per heavy atom. The summed E-state index contributed by atoms with van der Waals surface area (Å²) in [4.78, 5) is 0. The van der Waals surface area contributed by atoms with Crippen LogP contribution in [0.25, 0.3) is 17.1 Å². The largest absolute Gasteiger partial charge is 0.416 e. The molecule has 0 aliphatic carbocycles. The molecule has 0 N–H and O–H groups in total. The highest BCUT2D eigenvalue weighted by molar-refractivity contribution is 7.98. The van der Waals surface area contributed by atoms with Gasteiger partial charge in [0.05, 0.1) is 22.6 Å². The van der Waals surface area contributed by atoms with E-state index in [4.69, 9.17) is 0 Å². The molecule has 2 aromatic carbocycles. The van der Waals surface area contributed by atoms with Gasteiger partial charge >= 0.3 is 6.18 Å². The van der Waals surface area contributed by atoms with Crippen molar-refractivity contribution in [2.24, 2.45) is 0 Å². The zero-order chi connectivity index (χ0) is 22.7. The first-order chi connectivity index (χ1) is 15.4. The molecule has 164 valence electrons. The van der Waals surface area contributed by atoms with Crippen LogP contribution >= 0.6 is 11.8 Å². The van der Waals surface area contributed by atoms with E-state index in [9.17, 15) is 17.6 Å². The smallest absolute Gasteiger partial charge is 0.298 e. The Hall–Kier alpha value is -3.54. The van der Waals surface area contributed by atoms with E-state index in [1.807, 2.05) is 0 Å². The van der Waals surface area contributed by atoms with Crippen LogP contribution in [0.2, 0.25) is 0 Å². The first-order valence-electron chi connectivity index (χ1n) is 9.25. The Balaban J connectivity index is 1.57. The molecular formula is C20H15F4N7S. The summed E-state index contributed by atoms with van der Waals surface area (Å²) in [5.74, 6) is 0.580. The standard InChI is InChI=1S/C20H15F4N7S/c1-2-11-30-18(15-5-3-4-6-16(15)21)26-27-19(30)32-12-17-25-28-29-31(17)14-9-7-13(8-10-14)20(22,23)24/h2-10H,1,11-12H2. The number of thioether (sulfide) groups is 1. The van der Waals surface area contributed by atoms with E-state index in [0.717, 1.165) is 12.1 Å². The minimum Gasteiger partial charge on any atom is -0.298 e. The topological polar surface area (TPSA) is 74.3 Å². The normalized spacial score (nSPS) is 11.6. The fourth-order valence-electron chi connectivity index (χ4n) is 2.95. The van der Waals surface area contributed by atoms with E-state index in [0.29, 0.717) is 34.6 Å². The van der Waals surface area contributed by atoms with Crippen LogP contribution in [0.3, 0.4) is 0 Å². The van der Waals surface area contributed by atoms with E-state index >= 15 is 0 Å². The number of hydrogen-bond acceptors (Lipinski definition) is 6. The molecule has 7 nitrogen and oxygen atoms in total. The van der Waals surface area contributed by atoms with Crippen molar-refractivity contribution < 1.29 is 17.6 Å². The molecule has 0 fully saturated rings. The number of tetrazole rings is 1. The molecular weight excluding hydrogens is 446 g/mol. The van der Waals surface area contributed by atoms with Crippen LogP contribution in [0.4, 0.5) is 17.6 Å². The van der Waals surface area contributed by atoms with Gasteiger partial charge in [0, 0.05) is 6.54 Å². The predicted molar refractivity (Wildman–Crippen MR) is 109 cm³/mol. The summed E-state index contributed by atoms with van der Waals surface area (Å²) in [6.07, 6.45) is -2.78. The van der Waals surface area contributed by atoms with Crippen molar-refractivity contribution in [2.45, 2.75) is 23.6 Å². The van der Waals surface area contributed by atoms with E-state index in [1.54, 1.807) is 28.8 Å². The van der Waals surface area contributed by atoms with Crippen LogP contribution in [0.1, 0.15) is 11.4 Å². The van der Waals surface area contributed by atoms with Crippen molar-refractivity contribution in [3.05, 3.63) is 78.4 Å². The first kappa shape index (κ1) is 21.7. The minimum atomic E-state index is -4.43. The highest BCUT2D eigenvalue weighted by Crippen LogP contribution is 2.30. The summed E-state index contributed by atoms with van der Waals surface area (Å²) >= 11 is 1.26. The molecule has 0 unspecified atom stereocenters. The third-order valence-corrected chi connectivity index (χ3v) is 5.41. The molecule has 4 rings (SSSR count). The van der Waals surface area contributed by atoms with Gasteiger partial charge in [-0.1, -0.05) is 30.0 Å². The second-order valence-electron chi connectivity index (χ2n) is 6.53. The van der Waals surface area contributed by atoms with Gasteiger partial charge in [0.1, 0.15) is 5.82 Å². The van der Waals surface area contributed by atoms with E-state index < -0.39 is 17.6 Å². The molecule has 0 aliphatic rings. The van der Waals surface area contributed by atoms with Gasteiger partial charge in [-0.05, 0) is 46.8 Å². The molecule has 0 saturated carbocycles. The SMILES string of the molecule is C=CCn1c(SCc2nnnn2-c2ccc(C(F)(F)F)cc2)nnc1-c1ccccc1F. The number of allylic oxidation sites excluding steroid dienone is 1. The average molecular weight is 461 g/mol. The minimum absolute atomic E-state index is 0.251. The number of halogens is 4. The van der Waals surface area contributed by atoms with Crippen molar-refractivity contribution >= 4 is 11.8 Å². The van der Waals surface area contributed by atoms with Crippen LogP contribution < -0.4 is 0 Å². The molecule has 0 radical (unpaired) electrons. The molecule has 32 heavy (non-hydrogen) atoms. The molecule has 0 atom stereocenters. The second-order valence-corrected chi connectivity index (χ2v) is 7.47. The van der Waals surface area contributed by atoms with Gasteiger partial charge < -0.3 is 0 Å². The summed E-state index contributed by atoms with van der Waals surface area (Å²) in [6.45, 7) is 4.08. The highest BCUT2D eigenvalue weighted by atomic mass is 32.2. The highest BCUT2D eigenvalue weighted by Gasteiger charge is 2.30. The Kier molecular flexibility index (Phi) is 6.04. The maximum Gasteiger partial charge on any atom is 0.416 e. The lowest BCUT2D eigenvalue weighted by Gasteiger charge is -2.09. The fraction of sp³-hybridized carbons (Fsp3) is 0.150. The van der Waals surface area contributed by atoms with Crippen molar-refractivity contribution in [1.82, 2.24) is 35.0 Å². The average Bonchev–Trinajstić information content (AvgIpc) is 3.39. The molecule has 4 aromatic rings. The summed E-state index contributed by atoms with van der Waals surface area (Å²) in [6, 6.07) is 10.8. The van der Waals surface area contributed by atoms with Gasteiger partial charge in [0.2, 0.25) is 0 Å². The molecule has 2 aromatic heterocycles. The monoisotopic (exact) mass is 461 g/mol. The molecule has 0 amide bonds. The number of benzene rings is 2. The molecule has 0 spiro atoms. The van der Waals surface area contributed by atoms with Gasteiger partial charge in [-0.25, -0.2) is 4.39 Å². The van der Waals surface area contributed by atoms with Gasteiger partial charge in [-0.15, -0.1) is 21.9 Å². The second kappa shape index (κ2) is 8.91. The molecule has 0 aliphatic heterocycles. The van der Waals surface area contributed by atoms with Crippen LogP contribution in [0.15, 0.2) is 66.3 Å². The first-order valence-corrected chi connectivity index (χ1v) is 10.2. The van der Waals surface area contributed by atoms with Crippen molar-refractivity contribution in [1.29, 1.82) is 0 Å². The van der Waals surface area contributed by atoms with Crippen LogP contribution in [-0.2, 0) is 18.5 Å². The number of aromatic nitrogens is 7. The lowest BCUT2D eigenvalue weighted by molar-refractivity contribution is -0.137. The Morgan fingerprint density at radius 1 is 1.00 bits per heavy atom. The Bertz CT molecular complexity index is 1230. The Labute approximate surface area is 183 Å². The summed E-state index contributed by atoms with van der Waals surface area (Å²) in [5, 5.41) is 20.2. The van der Waals surface area contributed by atoms with Crippen molar-refractivity contribution in [3.8, 4) is 17.1 Å². The molecule has 2 heterocycles. The summed E-state index contributed by atoms with van der Waals surface area (Å²) < 4.78 is 55.7. The van der Waals surface area contributed by atoms with Crippen LogP contribution in [0.5, 0.6) is 0 Å². The van der Waals surface area contributed by atoms with Gasteiger partial charge in [0.25, 0.3) is 0 Å². The quantitative estimate of drug-likeness (QED) is 0.228. The number of alkyl halides is 3. The molecule has 0 saturated heterocycles. The maximum absolute atomic E-state index is 14.2. The lowest BCUT2D eigenvalue weighted by Crippen LogP contribution is -2.07. The van der Waals surface area contributed by atoms with Crippen LogP contribution in [0, 0.1) is 5.82 Å². The zero-order valence-corrected chi connectivity index (χ0v) is 17.2. The third kappa shape index (κ3) is 4.40. The molecule has 12 heteroatoms. The van der Waals surface area contributed by atoms with Crippen LogP contribution in [-0.4, -0.2) is 35.0 Å². The van der Waals surface area contributed by atoms with E-state index in [-0.39, 0.29) is 5.75 Å². The summed E-state index contributed by atoms with van der Waals surface area (Å²) in [7, 11) is 0. The zero-order valence-electron chi connectivity index (χ0n) is 16.4. The van der Waals surface area contributed by atoms with Crippen molar-refractivity contribution in [2.75, 3.05) is 0 Å². The number of rotatable bonds is 7. The van der Waals surface area contributed by atoms with E-state index in [1.165, 1.54) is 34.6 Å². The number of hydrogen-bond donors (Lipinski definition) is 0. The predicted octanol–water partition coefficient (Wildman–Crippen LogP) is 4.56. The fourth-order valence-corrected chi connectivity index (χ4v) is 3.80. The lowest BCUT2D eigenvalue weighted by atomic mass is 10.2. The van der Waals surface area contributed by atoms with Crippen molar-refractivity contribution in [3.63, 3.8) is 0 Å². The van der Waals surface area contributed by atoms with Gasteiger partial charge in [-0.3, -0.25) is 4.57 Å². The van der Waals surface area contributed by atoms with Gasteiger partial charge in [0.15, 0.2) is 16.8 Å². The van der Waals surface area contributed by atoms with Gasteiger partial charge in [-0.2, -0.15) is 17.9 Å². The molecule has 0 bridgehead atoms. The Morgan fingerprint density at radius 2 is 1.75 bits per heavy atom. The number of nitrogens with zero attached hydrogens (tertiary/aromatic N) is 7.